The fraction of sp³-hybridized carbons (Fsp3) is 0.200. The Balaban J connectivity index is 2.19. The average Bonchev–Trinajstić information content (AvgIpc) is 3.21. The highest BCUT2D eigenvalue weighted by Crippen LogP contribution is 2.25. The minimum Gasteiger partial charge on any atom is -0.397 e. The maximum Gasteiger partial charge on any atom is 0.332 e. The maximum atomic E-state index is 13.5. The summed E-state index contributed by atoms with van der Waals surface area (Å²) in [4.78, 5) is 39.7. The molecule has 160 valence electrons. The summed E-state index contributed by atoms with van der Waals surface area (Å²) in [5, 5.41) is 24.5. The van der Waals surface area contributed by atoms with E-state index >= 15 is 0 Å². The Hall–Kier alpha value is -3.59. The molecule has 1 heterocycles. The van der Waals surface area contributed by atoms with Crippen molar-refractivity contribution in [2.24, 2.45) is 5.16 Å². The molecular formula is C15H15BrFN7O6. The number of oxime groups is 1. The van der Waals surface area contributed by atoms with E-state index in [9.17, 15) is 18.8 Å². The van der Waals surface area contributed by atoms with E-state index in [2.05, 4.69) is 46.7 Å². The number of hydrogen-bond donors (Lipinski definition) is 4. The third-order valence-electron chi connectivity index (χ3n) is 3.40. The molecule has 0 fully saturated rings. The van der Waals surface area contributed by atoms with E-state index in [1.807, 2.05) is 0 Å². The summed E-state index contributed by atoms with van der Waals surface area (Å²) >= 11 is 3.04. The summed E-state index contributed by atoms with van der Waals surface area (Å²) in [7, 11) is 1.24. The van der Waals surface area contributed by atoms with Crippen LogP contribution in [0.3, 0.4) is 0 Å². The van der Waals surface area contributed by atoms with E-state index in [4.69, 9.17) is 10.0 Å². The van der Waals surface area contributed by atoms with E-state index in [-0.39, 0.29) is 40.6 Å². The topological polar surface area (TPSA) is 171 Å². The summed E-state index contributed by atoms with van der Waals surface area (Å²) in [5.41, 5.74) is 1.41. The van der Waals surface area contributed by atoms with Crippen LogP contribution in [0.5, 0.6) is 0 Å². The molecule has 2 aromatic rings. The SMILES string of the molecule is CO/N=C(/c1nonc1NCCNC(=O)C(=O)NO)N(C=O)c1ccc(F)c(Br)c1. The van der Waals surface area contributed by atoms with E-state index in [0.29, 0.717) is 6.41 Å². The first kappa shape index (κ1) is 22.7. The number of hydrogen-bond acceptors (Lipinski definition) is 10. The van der Waals surface area contributed by atoms with Gasteiger partial charge in [0.1, 0.15) is 12.9 Å². The van der Waals surface area contributed by atoms with Gasteiger partial charge in [-0.05, 0) is 44.4 Å². The van der Waals surface area contributed by atoms with Crippen molar-refractivity contribution in [2.45, 2.75) is 0 Å². The van der Waals surface area contributed by atoms with Crippen LogP contribution in [0.25, 0.3) is 0 Å². The number of amides is 3. The molecule has 13 nitrogen and oxygen atoms in total. The second-order valence-electron chi connectivity index (χ2n) is 5.26. The molecule has 0 unspecified atom stereocenters. The number of halogens is 2. The maximum absolute atomic E-state index is 13.5. The molecule has 0 aliphatic carbocycles. The molecule has 3 amide bonds. The van der Waals surface area contributed by atoms with Crippen molar-refractivity contribution in [1.29, 1.82) is 0 Å². The minimum absolute atomic E-state index is 0.0242. The number of carbonyl (C=O) groups is 3. The van der Waals surface area contributed by atoms with Gasteiger partial charge in [0.25, 0.3) is 0 Å². The molecule has 30 heavy (non-hydrogen) atoms. The number of rotatable bonds is 8. The molecule has 2 rings (SSSR count). The zero-order chi connectivity index (χ0) is 22.1. The Morgan fingerprint density at radius 1 is 1.37 bits per heavy atom. The number of carbonyl (C=O) groups excluding carboxylic acids is 3. The van der Waals surface area contributed by atoms with Gasteiger partial charge in [0.05, 0.1) is 10.2 Å². The Labute approximate surface area is 176 Å². The first-order valence-corrected chi connectivity index (χ1v) is 8.82. The number of nitrogens with one attached hydrogen (secondary N) is 3. The summed E-state index contributed by atoms with van der Waals surface area (Å²) < 4.78 is 18.3. The summed E-state index contributed by atoms with van der Waals surface area (Å²) in [5.74, 6) is -2.89. The second-order valence-corrected chi connectivity index (χ2v) is 6.11. The number of hydroxylamine groups is 1. The lowest BCUT2D eigenvalue weighted by molar-refractivity contribution is -0.144. The van der Waals surface area contributed by atoms with Crippen molar-refractivity contribution in [1.82, 2.24) is 21.1 Å². The van der Waals surface area contributed by atoms with Gasteiger partial charge in [-0.3, -0.25) is 24.5 Å². The smallest absolute Gasteiger partial charge is 0.332 e. The van der Waals surface area contributed by atoms with E-state index in [1.165, 1.54) is 24.7 Å². The second kappa shape index (κ2) is 10.8. The zero-order valence-corrected chi connectivity index (χ0v) is 16.8. The first-order chi connectivity index (χ1) is 14.4. The van der Waals surface area contributed by atoms with Crippen LogP contribution in [0.4, 0.5) is 15.9 Å². The highest BCUT2D eigenvalue weighted by Gasteiger charge is 2.25. The Kier molecular flexibility index (Phi) is 8.18. The normalized spacial score (nSPS) is 10.9. The Morgan fingerprint density at radius 2 is 2.13 bits per heavy atom. The Bertz CT molecular complexity index is 953. The molecule has 1 aromatic heterocycles. The van der Waals surface area contributed by atoms with Crippen molar-refractivity contribution in [3.8, 4) is 0 Å². The van der Waals surface area contributed by atoms with Crippen LogP contribution in [0, 0.1) is 5.82 Å². The quantitative estimate of drug-likeness (QED) is 0.0758. The molecule has 0 spiro atoms. The van der Waals surface area contributed by atoms with Gasteiger partial charge in [0.2, 0.25) is 18.1 Å². The number of aromatic nitrogens is 2. The predicted octanol–water partition coefficient (Wildman–Crippen LogP) is -0.0243. The van der Waals surface area contributed by atoms with Crippen LogP contribution in [0.15, 0.2) is 32.5 Å². The van der Waals surface area contributed by atoms with Gasteiger partial charge in [-0.25, -0.2) is 14.5 Å². The summed E-state index contributed by atoms with van der Waals surface area (Å²) in [6, 6.07) is 3.82. The summed E-state index contributed by atoms with van der Waals surface area (Å²) in [6.07, 6.45) is 0.406. The minimum atomic E-state index is -1.22. The molecule has 0 aliphatic heterocycles. The van der Waals surface area contributed by atoms with Crippen molar-refractivity contribution < 1.29 is 33.4 Å². The molecule has 0 atom stereocenters. The van der Waals surface area contributed by atoms with E-state index < -0.39 is 17.6 Å². The van der Waals surface area contributed by atoms with Gasteiger partial charge >= 0.3 is 11.8 Å². The molecule has 15 heteroatoms. The fourth-order valence-corrected chi connectivity index (χ4v) is 2.46. The van der Waals surface area contributed by atoms with Crippen LogP contribution >= 0.6 is 15.9 Å². The Morgan fingerprint density at radius 3 is 2.77 bits per heavy atom. The molecule has 0 saturated heterocycles. The third kappa shape index (κ3) is 5.48. The van der Waals surface area contributed by atoms with Gasteiger partial charge in [-0.2, -0.15) is 0 Å². The summed E-state index contributed by atoms with van der Waals surface area (Å²) in [6.45, 7) is 0.0344. The van der Waals surface area contributed by atoms with Crippen molar-refractivity contribution >= 4 is 51.5 Å². The number of anilines is 2. The molecular weight excluding hydrogens is 473 g/mol. The van der Waals surface area contributed by atoms with E-state index in [0.717, 1.165) is 11.0 Å². The van der Waals surface area contributed by atoms with Crippen molar-refractivity contribution in [3.63, 3.8) is 0 Å². The predicted molar refractivity (Wildman–Crippen MR) is 102 cm³/mol. The lowest BCUT2D eigenvalue weighted by atomic mass is 10.2. The molecule has 0 bridgehead atoms. The number of benzene rings is 1. The van der Waals surface area contributed by atoms with Gasteiger partial charge in [-0.1, -0.05) is 5.16 Å². The molecule has 1 aromatic carbocycles. The number of amidine groups is 1. The zero-order valence-electron chi connectivity index (χ0n) is 15.3. The monoisotopic (exact) mass is 487 g/mol. The van der Waals surface area contributed by atoms with Crippen LogP contribution in [-0.2, 0) is 19.2 Å². The van der Waals surface area contributed by atoms with Gasteiger partial charge in [0, 0.05) is 13.1 Å². The molecule has 4 N–H and O–H groups in total. The fourth-order valence-electron chi connectivity index (χ4n) is 2.09. The first-order valence-electron chi connectivity index (χ1n) is 8.02. The standard InChI is InChI=1S/C15H15BrFN7O6/c1-29-23-13(24(7-25)8-2-3-10(17)9(16)6-8)11-12(22-30-21-11)18-4-5-19-14(26)15(27)20-28/h2-3,6-7,28H,4-5H2,1H3,(H,18,22)(H,19,26)(H,20,27)/b23-13-. The van der Waals surface area contributed by atoms with Crippen molar-refractivity contribution in [3.05, 3.63) is 34.2 Å². The van der Waals surface area contributed by atoms with Crippen molar-refractivity contribution in [2.75, 3.05) is 30.4 Å². The highest BCUT2D eigenvalue weighted by molar-refractivity contribution is 9.10. The van der Waals surface area contributed by atoms with E-state index in [1.54, 1.807) is 0 Å². The van der Waals surface area contributed by atoms with Gasteiger partial charge in [0.15, 0.2) is 5.69 Å². The lowest BCUT2D eigenvalue weighted by Crippen LogP contribution is -2.40. The largest absolute Gasteiger partial charge is 0.397 e. The van der Waals surface area contributed by atoms with Crippen LogP contribution < -0.4 is 21.0 Å². The molecule has 0 saturated carbocycles. The lowest BCUT2D eigenvalue weighted by Gasteiger charge is -2.18. The van der Waals surface area contributed by atoms with Crippen LogP contribution in [-0.4, -0.2) is 59.8 Å². The average molecular weight is 488 g/mol. The molecule has 0 aliphatic rings. The van der Waals surface area contributed by atoms with Gasteiger partial charge in [-0.15, -0.1) is 0 Å². The number of nitrogens with zero attached hydrogens (tertiary/aromatic N) is 4. The highest BCUT2D eigenvalue weighted by atomic mass is 79.9. The van der Waals surface area contributed by atoms with Gasteiger partial charge < -0.3 is 15.5 Å². The van der Waals surface area contributed by atoms with Crippen LogP contribution in [0.2, 0.25) is 0 Å². The van der Waals surface area contributed by atoms with Crippen LogP contribution in [0.1, 0.15) is 5.69 Å². The third-order valence-corrected chi connectivity index (χ3v) is 4.01. The molecule has 0 radical (unpaired) electrons.